The molecule has 4 nitrogen and oxygen atoms in total. The van der Waals surface area contributed by atoms with E-state index >= 15 is 0 Å². The lowest BCUT2D eigenvalue weighted by molar-refractivity contribution is 0.306. The predicted molar refractivity (Wildman–Crippen MR) is 122 cm³/mol. The monoisotopic (exact) mass is 396 g/mol. The lowest BCUT2D eigenvalue weighted by Crippen LogP contribution is -2.07. The summed E-state index contributed by atoms with van der Waals surface area (Å²) in [4.78, 5) is 0. The summed E-state index contributed by atoms with van der Waals surface area (Å²) in [6, 6.07) is 30.4. The van der Waals surface area contributed by atoms with Crippen molar-refractivity contribution in [2.24, 2.45) is 5.10 Å². The van der Waals surface area contributed by atoms with Crippen molar-refractivity contribution in [1.29, 1.82) is 0 Å². The SMILES string of the molecule is COc1ccccc1CN/N=C/c1c(OCc2ccccc2)ccc2ccccc12. The zero-order valence-corrected chi connectivity index (χ0v) is 16.9. The molecule has 30 heavy (non-hydrogen) atoms. The van der Waals surface area contributed by atoms with Crippen molar-refractivity contribution in [2.45, 2.75) is 13.2 Å². The van der Waals surface area contributed by atoms with Crippen molar-refractivity contribution < 1.29 is 9.47 Å². The molecule has 0 saturated carbocycles. The molecule has 0 amide bonds. The average Bonchev–Trinajstić information content (AvgIpc) is 2.81. The fourth-order valence-electron chi connectivity index (χ4n) is 3.36. The highest BCUT2D eigenvalue weighted by Gasteiger charge is 2.08. The van der Waals surface area contributed by atoms with Gasteiger partial charge in [0.05, 0.1) is 19.9 Å². The van der Waals surface area contributed by atoms with Gasteiger partial charge in [0.25, 0.3) is 0 Å². The van der Waals surface area contributed by atoms with Crippen LogP contribution in [0.1, 0.15) is 16.7 Å². The first-order valence-electron chi connectivity index (χ1n) is 9.91. The number of nitrogens with zero attached hydrogens (tertiary/aromatic N) is 1. The van der Waals surface area contributed by atoms with Crippen molar-refractivity contribution in [2.75, 3.05) is 7.11 Å². The van der Waals surface area contributed by atoms with Crippen molar-refractivity contribution in [3.63, 3.8) is 0 Å². The summed E-state index contributed by atoms with van der Waals surface area (Å²) in [5.74, 6) is 1.65. The molecule has 4 aromatic rings. The Morgan fingerprint density at radius 3 is 2.43 bits per heavy atom. The number of hydrazone groups is 1. The molecule has 1 N–H and O–H groups in total. The molecular formula is C26H24N2O2. The van der Waals surface area contributed by atoms with Crippen LogP contribution in [0.15, 0.2) is 96.1 Å². The quantitative estimate of drug-likeness (QED) is 0.314. The van der Waals surface area contributed by atoms with E-state index < -0.39 is 0 Å². The number of nitrogens with one attached hydrogen (secondary N) is 1. The molecule has 0 saturated heterocycles. The van der Waals surface area contributed by atoms with Gasteiger partial charge in [-0.2, -0.15) is 5.10 Å². The van der Waals surface area contributed by atoms with E-state index in [0.29, 0.717) is 13.2 Å². The van der Waals surface area contributed by atoms with Crippen LogP contribution >= 0.6 is 0 Å². The van der Waals surface area contributed by atoms with E-state index in [1.54, 1.807) is 7.11 Å². The zero-order chi connectivity index (χ0) is 20.6. The van der Waals surface area contributed by atoms with Crippen LogP contribution < -0.4 is 14.9 Å². The number of ether oxygens (including phenoxy) is 2. The minimum atomic E-state index is 0.509. The Morgan fingerprint density at radius 1 is 0.800 bits per heavy atom. The lowest BCUT2D eigenvalue weighted by Gasteiger charge is -2.12. The second-order valence-electron chi connectivity index (χ2n) is 6.88. The van der Waals surface area contributed by atoms with Crippen LogP contribution in [0.5, 0.6) is 11.5 Å². The van der Waals surface area contributed by atoms with Gasteiger partial charge in [-0.05, 0) is 28.5 Å². The second kappa shape index (κ2) is 9.61. The Bertz CT molecular complexity index is 1140. The predicted octanol–water partition coefficient (Wildman–Crippen LogP) is 5.55. The molecule has 0 aliphatic rings. The first kappa shape index (κ1) is 19.5. The van der Waals surface area contributed by atoms with Gasteiger partial charge in [-0.1, -0.05) is 78.9 Å². The standard InChI is InChI=1S/C26H24N2O2/c1-29-25-14-8-6-12-22(25)17-27-28-18-24-23-13-7-5-11-21(23)15-16-26(24)30-19-20-9-3-2-4-10-20/h2-16,18,27H,17,19H2,1H3/b28-18+. The van der Waals surface area contributed by atoms with E-state index in [-0.39, 0.29) is 0 Å². The van der Waals surface area contributed by atoms with Crippen LogP contribution in [-0.2, 0) is 13.2 Å². The van der Waals surface area contributed by atoms with E-state index in [1.165, 1.54) is 0 Å². The maximum absolute atomic E-state index is 6.14. The van der Waals surface area contributed by atoms with Crippen molar-refractivity contribution in [1.82, 2.24) is 5.43 Å². The van der Waals surface area contributed by atoms with Crippen molar-refractivity contribution in [3.8, 4) is 11.5 Å². The first-order chi connectivity index (χ1) is 14.8. The summed E-state index contributed by atoms with van der Waals surface area (Å²) < 4.78 is 11.5. The minimum Gasteiger partial charge on any atom is -0.496 e. The Balaban J connectivity index is 1.55. The summed E-state index contributed by atoms with van der Waals surface area (Å²) in [5, 5.41) is 6.72. The van der Waals surface area contributed by atoms with E-state index in [0.717, 1.165) is 39.0 Å². The van der Waals surface area contributed by atoms with E-state index in [4.69, 9.17) is 9.47 Å². The van der Waals surface area contributed by atoms with Gasteiger partial charge in [0.2, 0.25) is 0 Å². The smallest absolute Gasteiger partial charge is 0.129 e. The van der Waals surface area contributed by atoms with Crippen molar-refractivity contribution in [3.05, 3.63) is 108 Å². The number of rotatable bonds is 8. The number of hydrogen-bond donors (Lipinski definition) is 1. The molecule has 0 aliphatic carbocycles. The fourth-order valence-corrected chi connectivity index (χ4v) is 3.36. The third kappa shape index (κ3) is 4.61. The number of benzene rings is 4. The number of methoxy groups -OCH3 is 1. The number of para-hydroxylation sites is 1. The average molecular weight is 396 g/mol. The van der Waals surface area contributed by atoms with E-state index in [1.807, 2.05) is 66.9 Å². The Labute approximate surface area is 176 Å². The summed E-state index contributed by atoms with van der Waals surface area (Å²) in [6.45, 7) is 1.08. The molecule has 0 aromatic heterocycles. The molecule has 0 unspecified atom stereocenters. The van der Waals surface area contributed by atoms with Gasteiger partial charge in [0, 0.05) is 11.1 Å². The van der Waals surface area contributed by atoms with Crippen LogP contribution in [0.25, 0.3) is 10.8 Å². The highest BCUT2D eigenvalue weighted by atomic mass is 16.5. The van der Waals surface area contributed by atoms with E-state index in [2.05, 4.69) is 40.9 Å². The normalized spacial score (nSPS) is 11.0. The molecule has 150 valence electrons. The van der Waals surface area contributed by atoms with Gasteiger partial charge < -0.3 is 14.9 Å². The molecule has 4 rings (SSSR count). The molecule has 4 heteroatoms. The van der Waals surface area contributed by atoms with Crippen LogP contribution in [0.2, 0.25) is 0 Å². The topological polar surface area (TPSA) is 42.8 Å². The molecule has 0 bridgehead atoms. The molecular weight excluding hydrogens is 372 g/mol. The Kier molecular flexibility index (Phi) is 6.25. The summed E-state index contributed by atoms with van der Waals surface area (Å²) >= 11 is 0. The maximum Gasteiger partial charge on any atom is 0.129 e. The molecule has 4 aromatic carbocycles. The third-order valence-corrected chi connectivity index (χ3v) is 4.91. The molecule has 0 aliphatic heterocycles. The van der Waals surface area contributed by atoms with E-state index in [9.17, 15) is 0 Å². The van der Waals surface area contributed by atoms with Crippen LogP contribution in [-0.4, -0.2) is 13.3 Å². The summed E-state index contributed by atoms with van der Waals surface area (Å²) in [5.41, 5.74) is 6.26. The van der Waals surface area contributed by atoms with Gasteiger partial charge in [-0.3, -0.25) is 0 Å². The zero-order valence-electron chi connectivity index (χ0n) is 16.9. The molecule has 0 heterocycles. The van der Waals surface area contributed by atoms with Gasteiger partial charge >= 0.3 is 0 Å². The van der Waals surface area contributed by atoms with Gasteiger partial charge in [-0.25, -0.2) is 0 Å². The number of hydrogen-bond acceptors (Lipinski definition) is 4. The second-order valence-corrected chi connectivity index (χ2v) is 6.88. The first-order valence-corrected chi connectivity index (χ1v) is 9.91. The molecule has 0 radical (unpaired) electrons. The molecule has 0 atom stereocenters. The minimum absolute atomic E-state index is 0.509. The van der Waals surface area contributed by atoms with Crippen LogP contribution in [0.4, 0.5) is 0 Å². The largest absolute Gasteiger partial charge is 0.496 e. The molecule has 0 fully saturated rings. The van der Waals surface area contributed by atoms with Gasteiger partial charge in [-0.15, -0.1) is 0 Å². The van der Waals surface area contributed by atoms with Gasteiger partial charge in [0.1, 0.15) is 18.1 Å². The fraction of sp³-hybridized carbons (Fsp3) is 0.115. The van der Waals surface area contributed by atoms with Crippen molar-refractivity contribution >= 4 is 17.0 Å². The number of fused-ring (bicyclic) bond motifs is 1. The van der Waals surface area contributed by atoms with Crippen LogP contribution in [0, 0.1) is 0 Å². The maximum atomic E-state index is 6.14. The third-order valence-electron chi connectivity index (χ3n) is 4.91. The van der Waals surface area contributed by atoms with Crippen LogP contribution in [0.3, 0.4) is 0 Å². The summed E-state index contributed by atoms with van der Waals surface area (Å²) in [7, 11) is 1.68. The Morgan fingerprint density at radius 2 is 1.57 bits per heavy atom. The lowest BCUT2D eigenvalue weighted by atomic mass is 10.0. The summed E-state index contributed by atoms with van der Waals surface area (Å²) in [6.07, 6.45) is 1.83. The molecule has 0 spiro atoms. The highest BCUT2D eigenvalue weighted by Crippen LogP contribution is 2.27. The highest BCUT2D eigenvalue weighted by molar-refractivity contribution is 6.02. The van der Waals surface area contributed by atoms with Gasteiger partial charge in [0.15, 0.2) is 0 Å². The Hall–Kier alpha value is -3.79.